The first kappa shape index (κ1) is 11.9. The molecule has 2 N–H and O–H groups in total. The summed E-state index contributed by atoms with van der Waals surface area (Å²) in [6.45, 7) is 2.96. The number of para-hydroxylation sites is 1. The summed E-state index contributed by atoms with van der Waals surface area (Å²) in [6, 6.07) is 8.30. The van der Waals surface area contributed by atoms with E-state index in [0.29, 0.717) is 5.92 Å². The molecule has 2 nitrogen and oxygen atoms in total. The topological polar surface area (TPSA) is 38.9 Å². The van der Waals surface area contributed by atoms with Crippen LogP contribution in [0.15, 0.2) is 24.3 Å². The second-order valence-electron chi connectivity index (χ2n) is 3.93. The molecule has 0 amide bonds. The van der Waals surface area contributed by atoms with Crippen LogP contribution in [0.3, 0.4) is 0 Å². The third-order valence-corrected chi connectivity index (χ3v) is 4.87. The van der Waals surface area contributed by atoms with Crippen LogP contribution < -0.4 is 5.73 Å². The molecule has 1 aromatic carbocycles. The third-order valence-electron chi connectivity index (χ3n) is 2.37. The molecule has 1 unspecified atom stereocenters. The van der Waals surface area contributed by atoms with Crippen LogP contribution in [0, 0.1) is 5.92 Å². The molecular weight excluding hydrogens is 236 g/mol. The zero-order valence-electron chi connectivity index (χ0n) is 9.35. The molecule has 1 atom stereocenters. The lowest BCUT2D eigenvalue weighted by atomic mass is 10.2. The van der Waals surface area contributed by atoms with E-state index in [1.807, 2.05) is 17.8 Å². The molecule has 0 saturated carbocycles. The molecule has 0 radical (unpaired) electrons. The predicted octanol–water partition coefficient (Wildman–Crippen LogP) is 3.12. The molecule has 16 heavy (non-hydrogen) atoms. The Labute approximate surface area is 104 Å². The van der Waals surface area contributed by atoms with Crippen molar-refractivity contribution in [2.75, 3.05) is 12.3 Å². The third kappa shape index (κ3) is 2.97. The summed E-state index contributed by atoms with van der Waals surface area (Å²) in [5.74, 6) is 2.72. The van der Waals surface area contributed by atoms with Crippen molar-refractivity contribution in [2.24, 2.45) is 11.7 Å². The maximum Gasteiger partial charge on any atom is 0.104 e. The van der Waals surface area contributed by atoms with E-state index in [0.717, 1.165) is 23.6 Å². The number of rotatable bonds is 5. The van der Waals surface area contributed by atoms with Crippen LogP contribution in [0.1, 0.15) is 11.9 Å². The van der Waals surface area contributed by atoms with Crippen molar-refractivity contribution in [2.45, 2.75) is 12.7 Å². The van der Waals surface area contributed by atoms with Gasteiger partial charge in [-0.2, -0.15) is 11.8 Å². The van der Waals surface area contributed by atoms with Crippen molar-refractivity contribution in [3.63, 3.8) is 0 Å². The number of nitrogens with zero attached hydrogens (tertiary/aromatic N) is 1. The van der Waals surface area contributed by atoms with E-state index in [4.69, 9.17) is 5.73 Å². The normalized spacial score (nSPS) is 13.1. The van der Waals surface area contributed by atoms with E-state index >= 15 is 0 Å². The van der Waals surface area contributed by atoms with Crippen molar-refractivity contribution in [3.8, 4) is 0 Å². The molecule has 0 aliphatic carbocycles. The smallest absolute Gasteiger partial charge is 0.104 e. The van der Waals surface area contributed by atoms with Crippen molar-refractivity contribution in [1.82, 2.24) is 4.98 Å². The van der Waals surface area contributed by atoms with Gasteiger partial charge < -0.3 is 5.73 Å². The number of hydrogen-bond acceptors (Lipinski definition) is 4. The molecule has 2 aromatic rings. The van der Waals surface area contributed by atoms with Gasteiger partial charge in [-0.1, -0.05) is 19.1 Å². The molecule has 86 valence electrons. The van der Waals surface area contributed by atoms with Crippen LogP contribution >= 0.6 is 23.1 Å². The first-order valence-electron chi connectivity index (χ1n) is 5.42. The van der Waals surface area contributed by atoms with Gasteiger partial charge in [-0.15, -0.1) is 11.3 Å². The highest BCUT2D eigenvalue weighted by atomic mass is 32.2. The van der Waals surface area contributed by atoms with Crippen molar-refractivity contribution >= 4 is 33.3 Å². The van der Waals surface area contributed by atoms with Crippen molar-refractivity contribution in [1.29, 1.82) is 0 Å². The first-order chi connectivity index (χ1) is 7.79. The highest BCUT2D eigenvalue weighted by Gasteiger charge is 2.04. The van der Waals surface area contributed by atoms with Crippen LogP contribution in [0.2, 0.25) is 0 Å². The number of fused-ring (bicyclic) bond motifs is 1. The van der Waals surface area contributed by atoms with E-state index in [1.165, 1.54) is 9.71 Å². The van der Waals surface area contributed by atoms with E-state index < -0.39 is 0 Å². The Bertz CT molecular complexity index is 420. The molecular formula is C12H16N2S2. The van der Waals surface area contributed by atoms with Gasteiger partial charge in [0.1, 0.15) is 5.01 Å². The van der Waals surface area contributed by atoms with E-state index in [2.05, 4.69) is 30.1 Å². The highest BCUT2D eigenvalue weighted by molar-refractivity contribution is 7.98. The van der Waals surface area contributed by atoms with Gasteiger partial charge >= 0.3 is 0 Å². The summed E-state index contributed by atoms with van der Waals surface area (Å²) >= 11 is 3.72. The van der Waals surface area contributed by atoms with E-state index in [9.17, 15) is 0 Å². The molecule has 1 heterocycles. The number of aromatic nitrogens is 1. The van der Waals surface area contributed by atoms with E-state index in [-0.39, 0.29) is 0 Å². The summed E-state index contributed by atoms with van der Waals surface area (Å²) in [7, 11) is 0. The second-order valence-corrected chi connectivity index (χ2v) is 6.08. The minimum absolute atomic E-state index is 0.597. The number of nitrogens with two attached hydrogens (primary N) is 1. The Hall–Kier alpha value is -0.580. The maximum atomic E-state index is 5.59. The number of benzene rings is 1. The van der Waals surface area contributed by atoms with Crippen LogP contribution in [0.5, 0.6) is 0 Å². The lowest BCUT2D eigenvalue weighted by Crippen LogP contribution is -2.12. The molecule has 0 spiro atoms. The molecule has 4 heteroatoms. The van der Waals surface area contributed by atoms with Crippen molar-refractivity contribution < 1.29 is 0 Å². The Morgan fingerprint density at radius 2 is 2.25 bits per heavy atom. The lowest BCUT2D eigenvalue weighted by molar-refractivity contribution is 0.675. The number of thiazole rings is 1. The fraction of sp³-hybridized carbons (Fsp3) is 0.417. The van der Waals surface area contributed by atoms with Gasteiger partial charge in [0.15, 0.2) is 0 Å². The number of thioether (sulfide) groups is 1. The average Bonchev–Trinajstić information content (AvgIpc) is 2.71. The largest absolute Gasteiger partial charge is 0.330 e. The lowest BCUT2D eigenvalue weighted by Gasteiger charge is -2.05. The van der Waals surface area contributed by atoms with Crippen molar-refractivity contribution in [3.05, 3.63) is 29.3 Å². The van der Waals surface area contributed by atoms with Gasteiger partial charge in [-0.05, 0) is 30.3 Å². The molecule has 0 aliphatic rings. The molecule has 0 fully saturated rings. The minimum Gasteiger partial charge on any atom is -0.330 e. The minimum atomic E-state index is 0.597. The summed E-state index contributed by atoms with van der Waals surface area (Å²) in [5.41, 5.74) is 6.71. The monoisotopic (exact) mass is 252 g/mol. The summed E-state index contributed by atoms with van der Waals surface area (Å²) in [5, 5.41) is 1.22. The molecule has 0 aliphatic heterocycles. The molecule has 0 saturated heterocycles. The Morgan fingerprint density at radius 3 is 3.00 bits per heavy atom. The van der Waals surface area contributed by atoms with Gasteiger partial charge in [-0.25, -0.2) is 4.98 Å². The average molecular weight is 252 g/mol. The molecule has 2 rings (SSSR count). The maximum absolute atomic E-state index is 5.59. The van der Waals surface area contributed by atoms with E-state index in [1.54, 1.807) is 11.3 Å². The fourth-order valence-electron chi connectivity index (χ4n) is 1.40. The molecule has 1 aromatic heterocycles. The Kier molecular flexibility index (Phi) is 4.21. The molecule has 0 bridgehead atoms. The van der Waals surface area contributed by atoms with Crippen LogP contribution in [-0.4, -0.2) is 17.3 Å². The summed E-state index contributed by atoms with van der Waals surface area (Å²) in [4.78, 5) is 4.60. The Balaban J connectivity index is 1.94. The van der Waals surface area contributed by atoms with Gasteiger partial charge in [0.2, 0.25) is 0 Å². The Morgan fingerprint density at radius 1 is 1.44 bits per heavy atom. The zero-order valence-corrected chi connectivity index (χ0v) is 11.0. The quantitative estimate of drug-likeness (QED) is 0.888. The van der Waals surface area contributed by atoms with Gasteiger partial charge in [-0.3, -0.25) is 0 Å². The summed E-state index contributed by atoms with van der Waals surface area (Å²) < 4.78 is 1.28. The first-order valence-corrected chi connectivity index (χ1v) is 7.39. The SMILES string of the molecule is CC(CN)CSCc1nc2ccccc2s1. The summed E-state index contributed by atoms with van der Waals surface area (Å²) in [6.07, 6.45) is 0. The van der Waals surface area contributed by atoms with Crippen LogP contribution in [0.25, 0.3) is 10.2 Å². The zero-order chi connectivity index (χ0) is 11.4. The van der Waals surface area contributed by atoms with Gasteiger partial charge in [0.25, 0.3) is 0 Å². The van der Waals surface area contributed by atoms with Gasteiger partial charge in [0, 0.05) is 5.75 Å². The second kappa shape index (κ2) is 5.66. The van der Waals surface area contributed by atoms with Crippen LogP contribution in [-0.2, 0) is 5.75 Å². The standard InChI is InChI=1S/C12H16N2S2/c1-9(6-13)7-15-8-12-14-10-4-2-3-5-11(10)16-12/h2-5,9H,6-8,13H2,1H3. The highest BCUT2D eigenvalue weighted by Crippen LogP contribution is 2.25. The van der Waals surface area contributed by atoms with Gasteiger partial charge in [0.05, 0.1) is 10.2 Å². The number of hydrogen-bond donors (Lipinski definition) is 1. The van der Waals surface area contributed by atoms with Crippen LogP contribution in [0.4, 0.5) is 0 Å². The fourth-order valence-corrected chi connectivity index (χ4v) is 3.54. The predicted molar refractivity (Wildman–Crippen MR) is 74.0 cm³/mol.